The lowest BCUT2D eigenvalue weighted by molar-refractivity contribution is 0.0696. The van der Waals surface area contributed by atoms with Crippen molar-refractivity contribution in [3.8, 4) is 0 Å². The highest BCUT2D eigenvalue weighted by molar-refractivity contribution is 6.33. The molecule has 1 aromatic heterocycles. The van der Waals surface area contributed by atoms with E-state index >= 15 is 0 Å². The molecule has 2 atom stereocenters. The van der Waals surface area contributed by atoms with Gasteiger partial charge in [-0.2, -0.15) is 5.10 Å². The lowest BCUT2D eigenvalue weighted by atomic mass is 9.99. The quantitative estimate of drug-likeness (QED) is 0.726. The summed E-state index contributed by atoms with van der Waals surface area (Å²) in [7, 11) is 0. The van der Waals surface area contributed by atoms with E-state index < -0.39 is 17.8 Å². The summed E-state index contributed by atoms with van der Waals surface area (Å²) in [5.74, 6) is -2.25. The highest BCUT2D eigenvalue weighted by Crippen LogP contribution is 2.42. The Morgan fingerprint density at radius 3 is 2.85 bits per heavy atom. The minimum Gasteiger partial charge on any atom is -0.478 e. The molecule has 140 valence electrons. The molecule has 1 fully saturated rings. The van der Waals surface area contributed by atoms with Crippen molar-refractivity contribution in [3.05, 3.63) is 56.2 Å². The lowest BCUT2D eigenvalue weighted by Gasteiger charge is -2.35. The second-order valence-electron chi connectivity index (χ2n) is 6.55. The van der Waals surface area contributed by atoms with Crippen molar-refractivity contribution in [2.24, 2.45) is 0 Å². The Morgan fingerprint density at radius 2 is 2.11 bits per heavy atom. The fourth-order valence-corrected chi connectivity index (χ4v) is 4.05. The van der Waals surface area contributed by atoms with Gasteiger partial charge in [0.05, 0.1) is 28.0 Å². The van der Waals surface area contributed by atoms with Crippen LogP contribution in [-0.2, 0) is 6.42 Å². The van der Waals surface area contributed by atoms with Crippen molar-refractivity contribution < 1.29 is 19.1 Å². The minimum atomic E-state index is -1.36. The van der Waals surface area contributed by atoms with E-state index in [1.165, 1.54) is 6.07 Å². The number of anilines is 1. The van der Waals surface area contributed by atoms with Crippen molar-refractivity contribution >= 4 is 29.3 Å². The molecule has 3 N–H and O–H groups in total. The molecule has 2 bridgehead atoms. The number of amides is 2. The predicted octanol–water partition coefficient (Wildman–Crippen LogP) is 2.55. The maximum absolute atomic E-state index is 14.2. The van der Waals surface area contributed by atoms with Crippen LogP contribution in [0.25, 0.3) is 0 Å². The van der Waals surface area contributed by atoms with Gasteiger partial charge in [-0.1, -0.05) is 11.6 Å². The first kappa shape index (κ1) is 17.5. The molecule has 1 saturated heterocycles. The topological polar surface area (TPSA) is 115 Å². The number of nitrogens with zero attached hydrogens (tertiary/aromatic N) is 2. The molecule has 27 heavy (non-hydrogen) atoms. The van der Waals surface area contributed by atoms with E-state index in [2.05, 4.69) is 15.5 Å². The zero-order valence-corrected chi connectivity index (χ0v) is 14.6. The standard InChI is InChI=1S/C17H14ClFN4O4/c18-10-6-12(11(19)5-9(10)16(25)26)20-17(27)23-8-1-2-13(23)15-7(3-8)4-14(24)21-22-15/h4-6,8,13H,1-3H2,(H,20,27)(H,21,24)(H,25,26)/t8-,13+/m0/s1. The Morgan fingerprint density at radius 1 is 1.33 bits per heavy atom. The summed E-state index contributed by atoms with van der Waals surface area (Å²) in [5, 5.41) is 17.7. The van der Waals surface area contributed by atoms with E-state index in [0.29, 0.717) is 18.5 Å². The molecule has 0 unspecified atom stereocenters. The summed E-state index contributed by atoms with van der Waals surface area (Å²) >= 11 is 5.86. The van der Waals surface area contributed by atoms with E-state index in [9.17, 15) is 18.8 Å². The smallest absolute Gasteiger partial charge is 0.337 e. The molecule has 10 heteroatoms. The normalized spacial score (nSPS) is 20.3. The van der Waals surface area contributed by atoms with Crippen LogP contribution in [0.5, 0.6) is 0 Å². The van der Waals surface area contributed by atoms with Crippen LogP contribution in [0.2, 0.25) is 5.02 Å². The third kappa shape index (κ3) is 2.93. The maximum Gasteiger partial charge on any atom is 0.337 e. The van der Waals surface area contributed by atoms with Gasteiger partial charge in [0.15, 0.2) is 0 Å². The van der Waals surface area contributed by atoms with Gasteiger partial charge in [0.1, 0.15) is 5.82 Å². The fourth-order valence-electron chi connectivity index (χ4n) is 3.80. The van der Waals surface area contributed by atoms with E-state index in [1.54, 1.807) is 4.90 Å². The molecule has 0 spiro atoms. The fraction of sp³-hybridized carbons (Fsp3) is 0.294. The van der Waals surface area contributed by atoms with Crippen LogP contribution in [0.1, 0.15) is 40.5 Å². The first-order valence-electron chi connectivity index (χ1n) is 8.25. The van der Waals surface area contributed by atoms with Crippen LogP contribution in [-0.4, -0.2) is 38.2 Å². The molecule has 0 radical (unpaired) electrons. The number of carbonyl (C=O) groups excluding carboxylic acids is 1. The van der Waals surface area contributed by atoms with Crippen LogP contribution >= 0.6 is 11.6 Å². The third-order valence-corrected chi connectivity index (χ3v) is 5.27. The van der Waals surface area contributed by atoms with E-state index in [1.807, 2.05) is 0 Å². The molecule has 2 aromatic rings. The van der Waals surface area contributed by atoms with E-state index in [0.717, 1.165) is 24.1 Å². The first-order valence-corrected chi connectivity index (χ1v) is 8.63. The number of carboxylic acid groups (broad SMARTS) is 1. The Hall–Kier alpha value is -2.94. The highest BCUT2D eigenvalue weighted by Gasteiger charge is 2.44. The summed E-state index contributed by atoms with van der Waals surface area (Å²) in [5.41, 5.74) is 0.580. The number of aromatic carboxylic acids is 1. The van der Waals surface area contributed by atoms with Crippen LogP contribution < -0.4 is 10.9 Å². The molecule has 2 aliphatic heterocycles. The van der Waals surface area contributed by atoms with E-state index in [4.69, 9.17) is 16.7 Å². The number of urea groups is 1. The maximum atomic E-state index is 14.2. The molecule has 4 rings (SSSR count). The summed E-state index contributed by atoms with van der Waals surface area (Å²) < 4.78 is 14.2. The molecule has 8 nitrogen and oxygen atoms in total. The van der Waals surface area contributed by atoms with Crippen molar-refractivity contribution in [2.45, 2.75) is 31.3 Å². The largest absolute Gasteiger partial charge is 0.478 e. The zero-order chi connectivity index (χ0) is 19.3. The molecular weight excluding hydrogens is 379 g/mol. The van der Waals surface area contributed by atoms with Crippen LogP contribution in [0.4, 0.5) is 14.9 Å². The van der Waals surface area contributed by atoms with Crippen molar-refractivity contribution in [1.82, 2.24) is 15.1 Å². The molecule has 1 aromatic carbocycles. The number of H-pyrrole nitrogens is 1. The number of aromatic nitrogens is 2. The Kier molecular flexibility index (Phi) is 4.11. The monoisotopic (exact) mass is 392 g/mol. The third-order valence-electron chi connectivity index (χ3n) is 4.96. The number of halogens is 2. The van der Waals surface area contributed by atoms with Gasteiger partial charge in [-0.3, -0.25) is 4.79 Å². The number of carboxylic acids is 1. The number of fused-ring (bicyclic) bond motifs is 4. The number of nitrogens with one attached hydrogen (secondary N) is 2. The number of carbonyl (C=O) groups is 2. The first-order chi connectivity index (χ1) is 12.8. The molecular formula is C17H14ClFN4O4. The SMILES string of the molecule is O=C(O)c1cc(F)c(NC(=O)N2[C@H]3CC[C@@H]2c2n[nH]c(=O)cc2C3)cc1Cl. The average molecular weight is 393 g/mol. The van der Waals surface area contributed by atoms with Crippen molar-refractivity contribution in [1.29, 1.82) is 0 Å². The second kappa shape index (κ2) is 6.34. The summed E-state index contributed by atoms with van der Waals surface area (Å²) in [6.45, 7) is 0. The number of rotatable bonds is 2. The Labute approximate surface area is 156 Å². The van der Waals surface area contributed by atoms with Crippen molar-refractivity contribution in [3.63, 3.8) is 0 Å². The van der Waals surface area contributed by atoms with Crippen LogP contribution in [0.3, 0.4) is 0 Å². The Bertz CT molecular complexity index is 1020. The van der Waals surface area contributed by atoms with Gasteiger partial charge in [-0.05, 0) is 37.0 Å². The van der Waals surface area contributed by atoms with Crippen molar-refractivity contribution in [2.75, 3.05) is 5.32 Å². The second-order valence-corrected chi connectivity index (χ2v) is 6.96. The average Bonchev–Trinajstić information content (AvgIpc) is 2.92. The number of benzene rings is 1. The highest BCUT2D eigenvalue weighted by atomic mass is 35.5. The summed E-state index contributed by atoms with van der Waals surface area (Å²) in [6, 6.07) is 2.38. The lowest BCUT2D eigenvalue weighted by Crippen LogP contribution is -2.45. The minimum absolute atomic E-state index is 0.122. The van der Waals surface area contributed by atoms with Gasteiger partial charge in [0.25, 0.3) is 5.56 Å². The van der Waals surface area contributed by atoms with E-state index in [-0.39, 0.29) is 33.9 Å². The summed E-state index contributed by atoms with van der Waals surface area (Å²) in [4.78, 5) is 36.8. The molecule has 0 saturated carbocycles. The molecule has 3 heterocycles. The Balaban J connectivity index is 1.61. The van der Waals surface area contributed by atoms with Crippen LogP contribution in [0.15, 0.2) is 23.0 Å². The van der Waals surface area contributed by atoms with Gasteiger partial charge in [-0.25, -0.2) is 19.1 Å². The van der Waals surface area contributed by atoms with Gasteiger partial charge in [-0.15, -0.1) is 0 Å². The molecule has 0 aliphatic carbocycles. The molecule has 2 amide bonds. The summed E-state index contributed by atoms with van der Waals surface area (Å²) in [6.07, 6.45) is 1.92. The number of hydrogen-bond acceptors (Lipinski definition) is 4. The number of hydrogen-bond donors (Lipinski definition) is 3. The predicted molar refractivity (Wildman–Crippen MR) is 93.6 cm³/mol. The van der Waals surface area contributed by atoms with Gasteiger partial charge >= 0.3 is 12.0 Å². The number of aromatic amines is 1. The van der Waals surface area contributed by atoms with Gasteiger partial charge in [0, 0.05) is 12.1 Å². The molecule has 2 aliphatic rings. The van der Waals surface area contributed by atoms with Gasteiger partial charge in [0.2, 0.25) is 0 Å². The van der Waals surface area contributed by atoms with Gasteiger partial charge < -0.3 is 15.3 Å². The van der Waals surface area contributed by atoms with Crippen LogP contribution in [0, 0.1) is 5.82 Å². The zero-order valence-electron chi connectivity index (χ0n) is 13.8.